The van der Waals surface area contributed by atoms with E-state index in [0.717, 1.165) is 43.1 Å². The van der Waals surface area contributed by atoms with Crippen molar-refractivity contribution in [2.45, 2.75) is 32.1 Å². The standard InChI is InChI=1S/C21H27NO3/c1-2-3-10-23-19-7-4-16(5-8-19)13-18(15-22)17-6-9-20-21(14-17)25-12-11-24-20/h4-9,14,18H,2-3,10-13,15,22H2,1H3. The van der Waals surface area contributed by atoms with E-state index >= 15 is 0 Å². The summed E-state index contributed by atoms with van der Waals surface area (Å²) in [5, 5.41) is 0. The van der Waals surface area contributed by atoms with Crippen molar-refractivity contribution < 1.29 is 14.2 Å². The normalized spacial score (nSPS) is 14.2. The van der Waals surface area contributed by atoms with Crippen molar-refractivity contribution in [3.8, 4) is 17.2 Å². The SMILES string of the molecule is CCCCOc1ccc(CC(CN)c2ccc3c(c2)OCCO3)cc1. The Morgan fingerprint density at radius 2 is 1.80 bits per heavy atom. The van der Waals surface area contributed by atoms with Crippen molar-refractivity contribution in [3.05, 3.63) is 53.6 Å². The van der Waals surface area contributed by atoms with Gasteiger partial charge < -0.3 is 19.9 Å². The second-order valence-corrected chi connectivity index (χ2v) is 6.39. The lowest BCUT2D eigenvalue weighted by atomic mass is 9.91. The fourth-order valence-electron chi connectivity index (χ4n) is 2.99. The number of hydrogen-bond acceptors (Lipinski definition) is 4. The van der Waals surface area contributed by atoms with E-state index in [1.807, 2.05) is 18.2 Å². The smallest absolute Gasteiger partial charge is 0.161 e. The molecule has 2 aromatic carbocycles. The van der Waals surface area contributed by atoms with Crippen LogP contribution >= 0.6 is 0 Å². The third-order valence-corrected chi connectivity index (χ3v) is 4.49. The minimum atomic E-state index is 0.252. The van der Waals surface area contributed by atoms with Crippen molar-refractivity contribution in [1.29, 1.82) is 0 Å². The molecule has 2 N–H and O–H groups in total. The molecule has 1 aliphatic rings. The van der Waals surface area contributed by atoms with Gasteiger partial charge in [0.05, 0.1) is 6.61 Å². The van der Waals surface area contributed by atoms with Crippen LogP contribution in [-0.4, -0.2) is 26.4 Å². The van der Waals surface area contributed by atoms with Gasteiger partial charge >= 0.3 is 0 Å². The number of fused-ring (bicyclic) bond motifs is 1. The highest BCUT2D eigenvalue weighted by Gasteiger charge is 2.16. The molecule has 1 atom stereocenters. The van der Waals surface area contributed by atoms with E-state index in [2.05, 4.69) is 31.2 Å². The Morgan fingerprint density at radius 3 is 2.52 bits per heavy atom. The van der Waals surface area contributed by atoms with E-state index < -0.39 is 0 Å². The summed E-state index contributed by atoms with van der Waals surface area (Å²) in [7, 11) is 0. The summed E-state index contributed by atoms with van der Waals surface area (Å²) in [4.78, 5) is 0. The highest BCUT2D eigenvalue weighted by Crippen LogP contribution is 2.34. The molecule has 0 fully saturated rings. The summed E-state index contributed by atoms with van der Waals surface area (Å²) in [6.07, 6.45) is 3.12. The van der Waals surface area contributed by atoms with Crippen molar-refractivity contribution in [3.63, 3.8) is 0 Å². The number of unbranched alkanes of at least 4 members (excludes halogenated alkanes) is 1. The molecule has 0 aliphatic carbocycles. The van der Waals surface area contributed by atoms with Crippen molar-refractivity contribution in [1.82, 2.24) is 0 Å². The summed E-state index contributed by atoms with van der Waals surface area (Å²) in [5.41, 5.74) is 8.49. The van der Waals surface area contributed by atoms with Crippen LogP contribution in [0, 0.1) is 0 Å². The van der Waals surface area contributed by atoms with Gasteiger partial charge in [-0.2, -0.15) is 0 Å². The van der Waals surface area contributed by atoms with Crippen LogP contribution in [0.15, 0.2) is 42.5 Å². The monoisotopic (exact) mass is 341 g/mol. The predicted molar refractivity (Wildman–Crippen MR) is 99.8 cm³/mol. The Bertz CT molecular complexity index is 669. The second-order valence-electron chi connectivity index (χ2n) is 6.39. The van der Waals surface area contributed by atoms with E-state index in [0.29, 0.717) is 19.8 Å². The topological polar surface area (TPSA) is 53.7 Å². The van der Waals surface area contributed by atoms with Gasteiger partial charge in [-0.25, -0.2) is 0 Å². The van der Waals surface area contributed by atoms with Gasteiger partial charge in [0.2, 0.25) is 0 Å². The first kappa shape index (κ1) is 17.6. The highest BCUT2D eigenvalue weighted by atomic mass is 16.6. The summed E-state index contributed by atoms with van der Waals surface area (Å²) in [6, 6.07) is 14.5. The number of benzene rings is 2. The molecule has 0 amide bonds. The molecule has 0 bridgehead atoms. The summed E-state index contributed by atoms with van der Waals surface area (Å²) >= 11 is 0. The number of nitrogens with two attached hydrogens (primary N) is 1. The third kappa shape index (κ3) is 4.67. The van der Waals surface area contributed by atoms with Crippen molar-refractivity contribution >= 4 is 0 Å². The molecule has 134 valence electrons. The Hall–Kier alpha value is -2.20. The Balaban J connectivity index is 1.65. The first-order valence-electron chi connectivity index (χ1n) is 9.11. The molecule has 0 aromatic heterocycles. The van der Waals surface area contributed by atoms with Crippen LogP contribution in [0.3, 0.4) is 0 Å². The van der Waals surface area contributed by atoms with Crippen LogP contribution in [0.5, 0.6) is 17.2 Å². The molecule has 0 spiro atoms. The van der Waals surface area contributed by atoms with Gasteiger partial charge in [0, 0.05) is 5.92 Å². The van der Waals surface area contributed by atoms with Gasteiger partial charge in [-0.1, -0.05) is 31.5 Å². The van der Waals surface area contributed by atoms with Gasteiger partial charge in [-0.05, 0) is 54.8 Å². The van der Waals surface area contributed by atoms with E-state index in [1.54, 1.807) is 0 Å². The maximum Gasteiger partial charge on any atom is 0.161 e. The molecule has 0 radical (unpaired) electrons. The predicted octanol–water partition coefficient (Wildman–Crippen LogP) is 3.92. The Kier molecular flexibility index (Phi) is 6.18. The fraction of sp³-hybridized carbons (Fsp3) is 0.429. The molecule has 4 heteroatoms. The van der Waals surface area contributed by atoms with Crippen LogP contribution in [0.25, 0.3) is 0 Å². The first-order chi connectivity index (χ1) is 12.3. The van der Waals surface area contributed by atoms with Crippen LogP contribution in [0.2, 0.25) is 0 Å². The number of hydrogen-bond donors (Lipinski definition) is 1. The third-order valence-electron chi connectivity index (χ3n) is 4.49. The number of ether oxygens (including phenoxy) is 3. The van der Waals surface area contributed by atoms with E-state index in [9.17, 15) is 0 Å². The van der Waals surface area contributed by atoms with E-state index in [-0.39, 0.29) is 5.92 Å². The van der Waals surface area contributed by atoms with E-state index in [4.69, 9.17) is 19.9 Å². The molecular weight excluding hydrogens is 314 g/mol. The maximum absolute atomic E-state index is 6.04. The molecule has 4 nitrogen and oxygen atoms in total. The van der Waals surface area contributed by atoms with Crippen LogP contribution in [0.4, 0.5) is 0 Å². The molecule has 1 heterocycles. The van der Waals surface area contributed by atoms with Gasteiger partial charge in [0.1, 0.15) is 19.0 Å². The fourth-order valence-corrected chi connectivity index (χ4v) is 2.99. The second kappa shape index (κ2) is 8.77. The molecule has 25 heavy (non-hydrogen) atoms. The molecule has 1 unspecified atom stereocenters. The maximum atomic E-state index is 6.04. The average Bonchev–Trinajstić information content (AvgIpc) is 2.67. The zero-order chi connectivity index (χ0) is 17.5. The molecule has 1 aliphatic heterocycles. The minimum absolute atomic E-state index is 0.252. The number of rotatable bonds is 8. The molecule has 2 aromatic rings. The Labute approximate surface area is 149 Å². The minimum Gasteiger partial charge on any atom is -0.494 e. The van der Waals surface area contributed by atoms with Gasteiger partial charge in [-0.3, -0.25) is 0 Å². The van der Waals surface area contributed by atoms with Crippen LogP contribution < -0.4 is 19.9 Å². The lowest BCUT2D eigenvalue weighted by Gasteiger charge is -2.21. The van der Waals surface area contributed by atoms with E-state index in [1.165, 1.54) is 11.1 Å². The molecular formula is C21H27NO3. The van der Waals surface area contributed by atoms with Crippen LogP contribution in [0.1, 0.15) is 36.8 Å². The van der Waals surface area contributed by atoms with Gasteiger partial charge in [0.15, 0.2) is 11.5 Å². The van der Waals surface area contributed by atoms with Gasteiger partial charge in [0.25, 0.3) is 0 Å². The van der Waals surface area contributed by atoms with Crippen molar-refractivity contribution in [2.75, 3.05) is 26.4 Å². The average molecular weight is 341 g/mol. The highest BCUT2D eigenvalue weighted by molar-refractivity contribution is 5.45. The quantitative estimate of drug-likeness (QED) is 0.739. The largest absolute Gasteiger partial charge is 0.494 e. The lowest BCUT2D eigenvalue weighted by molar-refractivity contribution is 0.171. The zero-order valence-electron chi connectivity index (χ0n) is 14.9. The molecule has 0 saturated heterocycles. The zero-order valence-corrected chi connectivity index (χ0v) is 14.9. The lowest BCUT2D eigenvalue weighted by Crippen LogP contribution is -2.18. The molecule has 0 saturated carbocycles. The first-order valence-corrected chi connectivity index (χ1v) is 9.11. The van der Waals surface area contributed by atoms with Gasteiger partial charge in [-0.15, -0.1) is 0 Å². The summed E-state index contributed by atoms with van der Waals surface area (Å²) < 4.78 is 17.0. The molecule has 3 rings (SSSR count). The summed E-state index contributed by atoms with van der Waals surface area (Å²) in [6.45, 7) is 4.74. The Morgan fingerprint density at radius 1 is 1.04 bits per heavy atom. The van der Waals surface area contributed by atoms with Crippen molar-refractivity contribution in [2.24, 2.45) is 5.73 Å². The summed E-state index contributed by atoms with van der Waals surface area (Å²) in [5.74, 6) is 2.82. The van der Waals surface area contributed by atoms with Crippen LogP contribution in [-0.2, 0) is 6.42 Å².